The van der Waals surface area contributed by atoms with Gasteiger partial charge in [0.15, 0.2) is 6.04 Å². The molecule has 0 unspecified atom stereocenters. The summed E-state index contributed by atoms with van der Waals surface area (Å²) in [6.45, 7) is 5.38. The van der Waals surface area contributed by atoms with E-state index in [1.165, 1.54) is 7.11 Å². The van der Waals surface area contributed by atoms with Crippen LogP contribution < -0.4 is 10.6 Å². The molecule has 0 saturated carbocycles. The Hall–Kier alpha value is -3.43. The van der Waals surface area contributed by atoms with Gasteiger partial charge in [0.25, 0.3) is 0 Å². The molecule has 0 bridgehead atoms. The van der Waals surface area contributed by atoms with E-state index < -0.39 is 35.7 Å². The molecule has 9 heteroatoms. The van der Waals surface area contributed by atoms with Gasteiger partial charge in [-0.05, 0) is 31.9 Å². The Morgan fingerprint density at radius 3 is 1.71 bits per heavy atom. The first-order valence-corrected chi connectivity index (χ1v) is 11.3. The van der Waals surface area contributed by atoms with Crippen molar-refractivity contribution in [1.29, 1.82) is 0 Å². The molecule has 2 atom stereocenters. The fraction of sp³-hybridized carbons (Fsp3) is 0.423. The normalized spacial score (nSPS) is 12.8. The Balaban J connectivity index is 2.01. The van der Waals surface area contributed by atoms with Crippen LogP contribution in [-0.2, 0) is 41.8 Å². The summed E-state index contributed by atoms with van der Waals surface area (Å²) in [6.07, 6.45) is -0.782. The summed E-state index contributed by atoms with van der Waals surface area (Å²) in [4.78, 5) is 37.6. The predicted molar refractivity (Wildman–Crippen MR) is 129 cm³/mol. The van der Waals surface area contributed by atoms with E-state index in [1.54, 1.807) is 20.8 Å². The Morgan fingerprint density at radius 1 is 0.771 bits per heavy atom. The second kappa shape index (κ2) is 14.1. The molecular weight excluding hydrogens is 452 g/mol. The fourth-order valence-corrected chi connectivity index (χ4v) is 2.95. The van der Waals surface area contributed by atoms with Gasteiger partial charge in [0.1, 0.15) is 11.6 Å². The number of benzene rings is 2. The average Bonchev–Trinajstić information content (AvgIpc) is 2.82. The summed E-state index contributed by atoms with van der Waals surface area (Å²) in [6, 6.07) is 16.6. The highest BCUT2D eigenvalue weighted by Crippen LogP contribution is 2.08. The van der Waals surface area contributed by atoms with Crippen LogP contribution in [0.2, 0.25) is 0 Å². The number of ether oxygens (including phenoxy) is 4. The quantitative estimate of drug-likeness (QED) is 0.444. The summed E-state index contributed by atoms with van der Waals surface area (Å²) < 4.78 is 21.3. The highest BCUT2D eigenvalue weighted by atomic mass is 16.6. The van der Waals surface area contributed by atoms with E-state index in [1.807, 2.05) is 60.7 Å². The minimum absolute atomic E-state index is 0.114. The van der Waals surface area contributed by atoms with Crippen LogP contribution >= 0.6 is 0 Å². The first kappa shape index (κ1) is 27.8. The van der Waals surface area contributed by atoms with Crippen molar-refractivity contribution in [2.75, 3.05) is 20.3 Å². The topological polar surface area (TPSA) is 112 Å². The Bertz CT molecular complexity index is 930. The second-order valence-corrected chi connectivity index (χ2v) is 8.78. The summed E-state index contributed by atoms with van der Waals surface area (Å²) in [5, 5.41) is 5.09. The number of esters is 1. The van der Waals surface area contributed by atoms with Crippen LogP contribution in [0.3, 0.4) is 0 Å². The van der Waals surface area contributed by atoms with Gasteiger partial charge in [-0.3, -0.25) is 4.79 Å². The summed E-state index contributed by atoms with van der Waals surface area (Å²) in [7, 11) is 1.22. The van der Waals surface area contributed by atoms with Crippen molar-refractivity contribution in [3.8, 4) is 0 Å². The van der Waals surface area contributed by atoms with Crippen LogP contribution in [0.4, 0.5) is 4.79 Å². The van der Waals surface area contributed by atoms with Gasteiger partial charge in [0.2, 0.25) is 5.91 Å². The van der Waals surface area contributed by atoms with E-state index in [0.29, 0.717) is 0 Å². The summed E-state index contributed by atoms with van der Waals surface area (Å²) in [5.74, 6) is -1.31. The molecule has 0 heterocycles. The monoisotopic (exact) mass is 486 g/mol. The Kier molecular flexibility index (Phi) is 11.2. The molecule has 2 rings (SSSR count). The van der Waals surface area contributed by atoms with Gasteiger partial charge in [-0.15, -0.1) is 0 Å². The molecule has 2 N–H and O–H groups in total. The molecule has 2 amide bonds. The van der Waals surface area contributed by atoms with Gasteiger partial charge in [0, 0.05) is 0 Å². The number of hydrogen-bond donors (Lipinski definition) is 2. The molecule has 2 aromatic rings. The van der Waals surface area contributed by atoms with Crippen LogP contribution in [0, 0.1) is 0 Å². The standard InChI is InChI=1S/C26H34N2O7/c1-26(2,3)35-25(31)28-21(17-33-15-19-11-7-5-8-12-19)23(29)27-22(24(30)32-4)18-34-16-20-13-9-6-10-14-20/h5-14,21-22H,15-18H2,1-4H3,(H,27,29)(H,28,31)/t21-,22-/m0/s1. The minimum Gasteiger partial charge on any atom is -0.467 e. The predicted octanol–water partition coefficient (Wildman–Crippen LogP) is 2.97. The van der Waals surface area contributed by atoms with Crippen LogP contribution in [0.15, 0.2) is 60.7 Å². The second-order valence-electron chi connectivity index (χ2n) is 8.78. The molecule has 190 valence electrons. The van der Waals surface area contributed by atoms with E-state index in [4.69, 9.17) is 18.9 Å². The van der Waals surface area contributed by atoms with Crippen molar-refractivity contribution in [1.82, 2.24) is 10.6 Å². The van der Waals surface area contributed by atoms with Crippen molar-refractivity contribution >= 4 is 18.0 Å². The van der Waals surface area contributed by atoms with Gasteiger partial charge in [-0.1, -0.05) is 60.7 Å². The van der Waals surface area contributed by atoms with Gasteiger partial charge in [0.05, 0.1) is 33.5 Å². The van der Waals surface area contributed by atoms with E-state index in [9.17, 15) is 14.4 Å². The number of carbonyl (C=O) groups is 3. The van der Waals surface area contributed by atoms with Crippen LogP contribution in [0.1, 0.15) is 31.9 Å². The van der Waals surface area contributed by atoms with Crippen LogP contribution in [0.5, 0.6) is 0 Å². The lowest BCUT2D eigenvalue weighted by Gasteiger charge is -2.25. The molecular formula is C26H34N2O7. The molecule has 0 aliphatic rings. The van der Waals surface area contributed by atoms with Crippen LogP contribution in [-0.4, -0.2) is 56.0 Å². The average molecular weight is 487 g/mol. The first-order chi connectivity index (χ1) is 16.7. The number of amides is 2. The largest absolute Gasteiger partial charge is 0.467 e. The van der Waals surface area contributed by atoms with E-state index in [0.717, 1.165) is 11.1 Å². The third-order valence-electron chi connectivity index (χ3n) is 4.60. The molecule has 0 radical (unpaired) electrons. The highest BCUT2D eigenvalue weighted by molar-refractivity contribution is 5.89. The lowest BCUT2D eigenvalue weighted by Crippen LogP contribution is -2.55. The zero-order valence-corrected chi connectivity index (χ0v) is 20.6. The van der Waals surface area contributed by atoms with Gasteiger partial charge in [-0.25, -0.2) is 9.59 Å². The maximum absolute atomic E-state index is 13.0. The minimum atomic E-state index is -1.12. The number of hydrogen-bond acceptors (Lipinski definition) is 7. The molecule has 0 fully saturated rings. The zero-order valence-electron chi connectivity index (χ0n) is 20.6. The van der Waals surface area contributed by atoms with Crippen molar-refractivity contribution in [2.45, 2.75) is 51.7 Å². The Labute approximate surface area is 206 Å². The van der Waals surface area contributed by atoms with E-state index in [2.05, 4.69) is 10.6 Å². The van der Waals surface area contributed by atoms with Gasteiger partial charge in [-0.2, -0.15) is 0 Å². The number of rotatable bonds is 12. The highest BCUT2D eigenvalue weighted by Gasteiger charge is 2.29. The number of alkyl carbamates (subject to hydrolysis) is 1. The van der Waals surface area contributed by atoms with Gasteiger partial charge >= 0.3 is 12.1 Å². The third kappa shape index (κ3) is 11.0. The smallest absolute Gasteiger partial charge is 0.408 e. The van der Waals surface area contributed by atoms with E-state index in [-0.39, 0.29) is 26.4 Å². The lowest BCUT2D eigenvalue weighted by molar-refractivity contribution is -0.147. The maximum Gasteiger partial charge on any atom is 0.408 e. The first-order valence-electron chi connectivity index (χ1n) is 11.3. The molecule has 0 spiro atoms. The number of methoxy groups -OCH3 is 1. The SMILES string of the molecule is COC(=O)[C@H](COCc1ccccc1)NC(=O)[C@H](COCc1ccccc1)NC(=O)OC(C)(C)C. The molecule has 2 aromatic carbocycles. The van der Waals surface area contributed by atoms with Crippen molar-refractivity contribution in [2.24, 2.45) is 0 Å². The van der Waals surface area contributed by atoms with Crippen molar-refractivity contribution in [3.63, 3.8) is 0 Å². The van der Waals surface area contributed by atoms with Gasteiger partial charge < -0.3 is 29.6 Å². The molecule has 0 aliphatic heterocycles. The maximum atomic E-state index is 13.0. The summed E-state index contributed by atoms with van der Waals surface area (Å²) in [5.41, 5.74) is 1.07. The van der Waals surface area contributed by atoms with Crippen molar-refractivity contribution in [3.05, 3.63) is 71.8 Å². The number of nitrogens with one attached hydrogen (secondary N) is 2. The molecule has 0 saturated heterocycles. The number of carbonyl (C=O) groups excluding carboxylic acids is 3. The molecule has 0 aromatic heterocycles. The summed E-state index contributed by atoms with van der Waals surface area (Å²) >= 11 is 0. The third-order valence-corrected chi connectivity index (χ3v) is 4.60. The van der Waals surface area contributed by atoms with Crippen molar-refractivity contribution < 1.29 is 33.3 Å². The Morgan fingerprint density at radius 2 is 1.26 bits per heavy atom. The molecule has 35 heavy (non-hydrogen) atoms. The fourth-order valence-electron chi connectivity index (χ4n) is 2.95. The lowest BCUT2D eigenvalue weighted by atomic mass is 10.2. The zero-order chi connectivity index (χ0) is 25.7. The van der Waals surface area contributed by atoms with E-state index >= 15 is 0 Å². The van der Waals surface area contributed by atoms with Crippen LogP contribution in [0.25, 0.3) is 0 Å². The molecule has 9 nitrogen and oxygen atoms in total. The molecule has 0 aliphatic carbocycles.